The van der Waals surface area contributed by atoms with Crippen LogP contribution in [0.5, 0.6) is 0 Å². The Bertz CT molecular complexity index is 271. The minimum absolute atomic E-state index is 0.276. The normalized spacial score (nSPS) is 34.9. The van der Waals surface area contributed by atoms with Crippen LogP contribution >= 0.6 is 11.8 Å². The molecular formula is C11H20N2O2S. The van der Waals surface area contributed by atoms with E-state index in [2.05, 4.69) is 0 Å². The summed E-state index contributed by atoms with van der Waals surface area (Å²) >= 11 is 1.93. The predicted molar refractivity (Wildman–Crippen MR) is 65.1 cm³/mol. The predicted octanol–water partition coefficient (Wildman–Crippen LogP) is 0.491. The Morgan fingerprint density at radius 2 is 2.25 bits per heavy atom. The molecule has 5 heteroatoms. The van der Waals surface area contributed by atoms with Gasteiger partial charge in [0.25, 0.3) is 0 Å². The molecule has 2 rings (SSSR count). The fourth-order valence-electron chi connectivity index (χ4n) is 2.52. The van der Waals surface area contributed by atoms with Crippen LogP contribution in [0.25, 0.3) is 0 Å². The largest absolute Gasteiger partial charge is 0.379 e. The average molecular weight is 244 g/mol. The van der Waals surface area contributed by atoms with Gasteiger partial charge >= 0.3 is 0 Å². The molecular weight excluding hydrogens is 224 g/mol. The number of nitrogens with two attached hydrogens (primary N) is 2. The molecule has 1 saturated heterocycles. The van der Waals surface area contributed by atoms with Crippen LogP contribution in [0.2, 0.25) is 0 Å². The Morgan fingerprint density at radius 3 is 2.81 bits per heavy atom. The number of hydrogen-bond donors (Lipinski definition) is 2. The van der Waals surface area contributed by atoms with Gasteiger partial charge in [0.15, 0.2) is 0 Å². The molecule has 0 spiro atoms. The van der Waals surface area contributed by atoms with Gasteiger partial charge in [-0.2, -0.15) is 11.8 Å². The van der Waals surface area contributed by atoms with Gasteiger partial charge in [0.2, 0.25) is 5.91 Å². The zero-order valence-corrected chi connectivity index (χ0v) is 10.3. The second-order valence-corrected chi connectivity index (χ2v) is 6.22. The van der Waals surface area contributed by atoms with Crippen LogP contribution in [0.3, 0.4) is 0 Å². The molecule has 0 aromatic carbocycles. The molecule has 1 amide bonds. The highest BCUT2D eigenvalue weighted by atomic mass is 32.2. The minimum Gasteiger partial charge on any atom is -0.379 e. The zero-order chi connectivity index (χ0) is 11.6. The van der Waals surface area contributed by atoms with Crippen LogP contribution < -0.4 is 11.5 Å². The molecule has 0 bridgehead atoms. The van der Waals surface area contributed by atoms with Gasteiger partial charge in [0.05, 0.1) is 24.0 Å². The number of thioether (sulfide) groups is 1. The lowest BCUT2D eigenvalue weighted by atomic mass is 9.85. The molecule has 0 radical (unpaired) electrons. The van der Waals surface area contributed by atoms with E-state index in [1.54, 1.807) is 0 Å². The maximum atomic E-state index is 11.4. The lowest BCUT2D eigenvalue weighted by Crippen LogP contribution is -2.54. The van der Waals surface area contributed by atoms with Crippen molar-refractivity contribution in [1.82, 2.24) is 0 Å². The lowest BCUT2D eigenvalue weighted by molar-refractivity contribution is -0.124. The Morgan fingerprint density at radius 1 is 1.50 bits per heavy atom. The summed E-state index contributed by atoms with van der Waals surface area (Å²) in [5.41, 5.74) is 10.8. The molecule has 2 fully saturated rings. The third-order valence-corrected chi connectivity index (χ3v) is 4.97. The van der Waals surface area contributed by atoms with Gasteiger partial charge in [-0.05, 0) is 30.9 Å². The fourth-order valence-corrected chi connectivity index (χ4v) is 3.66. The Kier molecular flexibility index (Phi) is 3.77. The van der Waals surface area contributed by atoms with Gasteiger partial charge in [0.1, 0.15) is 0 Å². The molecule has 1 aliphatic carbocycles. The molecule has 1 heterocycles. The topological polar surface area (TPSA) is 78.3 Å². The summed E-state index contributed by atoms with van der Waals surface area (Å²) in [6.45, 7) is 1.75. The van der Waals surface area contributed by atoms with E-state index in [0.29, 0.717) is 5.25 Å². The van der Waals surface area contributed by atoms with Gasteiger partial charge in [-0.3, -0.25) is 4.79 Å². The number of rotatable bonds is 5. The third-order valence-electron chi connectivity index (χ3n) is 3.76. The van der Waals surface area contributed by atoms with Crippen LogP contribution in [0.1, 0.15) is 25.7 Å². The summed E-state index contributed by atoms with van der Waals surface area (Å²) in [5, 5.41) is 0.655. The Balaban J connectivity index is 1.76. The SMILES string of the molecule is NC(=O)C1(N)CCCC1CCSC1COC1. The van der Waals surface area contributed by atoms with Crippen LogP contribution in [-0.4, -0.2) is 35.7 Å². The van der Waals surface area contributed by atoms with Crippen LogP contribution in [0.15, 0.2) is 0 Å². The molecule has 0 aromatic heterocycles. The van der Waals surface area contributed by atoms with Gasteiger partial charge in [-0.1, -0.05) is 6.42 Å². The van der Waals surface area contributed by atoms with E-state index in [0.717, 1.165) is 44.6 Å². The van der Waals surface area contributed by atoms with Gasteiger partial charge in [0, 0.05) is 0 Å². The monoisotopic (exact) mass is 244 g/mol. The highest BCUT2D eigenvalue weighted by Crippen LogP contribution is 2.37. The second kappa shape index (κ2) is 4.94. The van der Waals surface area contributed by atoms with E-state index >= 15 is 0 Å². The van der Waals surface area contributed by atoms with Crippen LogP contribution in [0, 0.1) is 5.92 Å². The van der Waals surface area contributed by atoms with Crippen molar-refractivity contribution >= 4 is 17.7 Å². The molecule has 2 atom stereocenters. The summed E-state index contributed by atoms with van der Waals surface area (Å²) in [5.74, 6) is 1.01. The first-order chi connectivity index (χ1) is 7.63. The lowest BCUT2D eigenvalue weighted by Gasteiger charge is -2.29. The number of carbonyl (C=O) groups is 1. The zero-order valence-electron chi connectivity index (χ0n) is 9.48. The van der Waals surface area contributed by atoms with E-state index < -0.39 is 5.54 Å². The van der Waals surface area contributed by atoms with Gasteiger partial charge in [-0.15, -0.1) is 0 Å². The van der Waals surface area contributed by atoms with Crippen molar-refractivity contribution in [2.45, 2.75) is 36.5 Å². The van der Waals surface area contributed by atoms with Crippen molar-refractivity contribution < 1.29 is 9.53 Å². The summed E-state index contributed by atoms with van der Waals surface area (Å²) in [6, 6.07) is 0. The summed E-state index contributed by atoms with van der Waals surface area (Å²) in [6.07, 6.45) is 3.83. The molecule has 0 aromatic rings. The maximum absolute atomic E-state index is 11.4. The van der Waals surface area contributed by atoms with Gasteiger partial charge in [-0.25, -0.2) is 0 Å². The van der Waals surface area contributed by atoms with Crippen molar-refractivity contribution in [2.24, 2.45) is 17.4 Å². The molecule has 16 heavy (non-hydrogen) atoms. The quantitative estimate of drug-likeness (QED) is 0.738. The standard InChI is InChI=1S/C11H20N2O2S/c12-10(14)11(13)4-1-2-8(11)3-5-16-9-6-15-7-9/h8-9H,1-7,13H2,(H2,12,14). The molecule has 2 unspecified atom stereocenters. The second-order valence-electron chi connectivity index (χ2n) is 4.81. The van der Waals surface area contributed by atoms with E-state index in [9.17, 15) is 4.79 Å². The first kappa shape index (κ1) is 12.2. The van der Waals surface area contributed by atoms with E-state index in [4.69, 9.17) is 16.2 Å². The van der Waals surface area contributed by atoms with Crippen molar-refractivity contribution in [3.63, 3.8) is 0 Å². The van der Waals surface area contributed by atoms with Crippen molar-refractivity contribution in [3.8, 4) is 0 Å². The van der Waals surface area contributed by atoms with Gasteiger partial charge < -0.3 is 16.2 Å². The first-order valence-corrected chi connectivity index (χ1v) is 6.96. The van der Waals surface area contributed by atoms with E-state index in [-0.39, 0.29) is 11.8 Å². The van der Waals surface area contributed by atoms with E-state index in [1.807, 2.05) is 11.8 Å². The number of primary amides is 1. The minimum atomic E-state index is -0.739. The average Bonchev–Trinajstić information content (AvgIpc) is 2.53. The van der Waals surface area contributed by atoms with E-state index in [1.165, 1.54) is 0 Å². The molecule has 92 valence electrons. The molecule has 2 aliphatic rings. The third kappa shape index (κ3) is 2.36. The first-order valence-electron chi connectivity index (χ1n) is 5.91. The Labute approximate surface area is 100 Å². The number of carbonyl (C=O) groups excluding carboxylic acids is 1. The summed E-state index contributed by atoms with van der Waals surface area (Å²) in [7, 11) is 0. The summed E-state index contributed by atoms with van der Waals surface area (Å²) in [4.78, 5) is 11.4. The molecule has 1 aliphatic heterocycles. The number of hydrogen-bond acceptors (Lipinski definition) is 4. The summed E-state index contributed by atoms with van der Waals surface area (Å²) < 4.78 is 5.12. The fraction of sp³-hybridized carbons (Fsp3) is 0.909. The van der Waals surface area contributed by atoms with Crippen LogP contribution in [0.4, 0.5) is 0 Å². The highest BCUT2D eigenvalue weighted by Gasteiger charge is 2.43. The smallest absolute Gasteiger partial charge is 0.237 e. The maximum Gasteiger partial charge on any atom is 0.237 e. The number of ether oxygens (including phenoxy) is 1. The molecule has 4 nitrogen and oxygen atoms in total. The van der Waals surface area contributed by atoms with Crippen molar-refractivity contribution in [1.29, 1.82) is 0 Å². The Hall–Kier alpha value is -0.260. The van der Waals surface area contributed by atoms with Crippen molar-refractivity contribution in [3.05, 3.63) is 0 Å². The molecule has 1 saturated carbocycles. The van der Waals surface area contributed by atoms with Crippen LogP contribution in [-0.2, 0) is 9.53 Å². The highest BCUT2D eigenvalue weighted by molar-refractivity contribution is 8.00. The molecule has 4 N–H and O–H groups in total. The van der Waals surface area contributed by atoms with Crippen molar-refractivity contribution in [2.75, 3.05) is 19.0 Å². The number of amides is 1.